The molecule has 0 saturated carbocycles. The SMILES string of the molecule is CN=C(NCCCOc1ccc(OC)cc1)NCc1cccc(F)c1. The first-order valence-corrected chi connectivity index (χ1v) is 8.17. The molecule has 0 aromatic heterocycles. The molecule has 0 unspecified atom stereocenters. The van der Waals surface area contributed by atoms with Crippen LogP contribution in [-0.2, 0) is 6.54 Å². The molecule has 0 fully saturated rings. The summed E-state index contributed by atoms with van der Waals surface area (Å²) in [5.41, 5.74) is 0.866. The van der Waals surface area contributed by atoms with Crippen molar-refractivity contribution in [2.45, 2.75) is 13.0 Å². The minimum atomic E-state index is -0.238. The molecule has 0 saturated heterocycles. The summed E-state index contributed by atoms with van der Waals surface area (Å²) in [7, 11) is 3.34. The van der Waals surface area contributed by atoms with Gasteiger partial charge in [0.05, 0.1) is 13.7 Å². The molecule has 2 aromatic rings. The lowest BCUT2D eigenvalue weighted by Gasteiger charge is -2.12. The van der Waals surface area contributed by atoms with Crippen LogP contribution in [0, 0.1) is 5.82 Å². The van der Waals surface area contributed by atoms with E-state index >= 15 is 0 Å². The van der Waals surface area contributed by atoms with Crippen molar-refractivity contribution in [2.75, 3.05) is 27.3 Å². The molecule has 0 atom stereocenters. The number of ether oxygens (including phenoxy) is 2. The topological polar surface area (TPSA) is 54.9 Å². The van der Waals surface area contributed by atoms with Crippen LogP contribution in [0.2, 0.25) is 0 Å². The minimum absolute atomic E-state index is 0.238. The molecule has 2 aromatic carbocycles. The highest BCUT2D eigenvalue weighted by Gasteiger charge is 2.00. The number of hydrogen-bond acceptors (Lipinski definition) is 3. The van der Waals surface area contributed by atoms with Crippen molar-refractivity contribution in [3.8, 4) is 11.5 Å². The Morgan fingerprint density at radius 1 is 1.08 bits per heavy atom. The largest absolute Gasteiger partial charge is 0.497 e. The van der Waals surface area contributed by atoms with E-state index in [1.165, 1.54) is 12.1 Å². The Hall–Kier alpha value is -2.76. The Morgan fingerprint density at radius 3 is 2.52 bits per heavy atom. The Kier molecular flexibility index (Phi) is 7.56. The molecule has 6 heteroatoms. The summed E-state index contributed by atoms with van der Waals surface area (Å²) in [6.45, 7) is 1.83. The number of halogens is 1. The van der Waals surface area contributed by atoms with E-state index < -0.39 is 0 Å². The fourth-order valence-electron chi connectivity index (χ4n) is 2.19. The predicted octanol–water partition coefficient (Wildman–Crippen LogP) is 2.97. The lowest BCUT2D eigenvalue weighted by atomic mass is 10.2. The van der Waals surface area contributed by atoms with Crippen LogP contribution in [0.4, 0.5) is 4.39 Å². The predicted molar refractivity (Wildman–Crippen MR) is 97.7 cm³/mol. The van der Waals surface area contributed by atoms with Gasteiger partial charge in [0.15, 0.2) is 5.96 Å². The zero-order valence-electron chi connectivity index (χ0n) is 14.6. The number of benzene rings is 2. The summed E-state index contributed by atoms with van der Waals surface area (Å²) in [5, 5.41) is 6.36. The second-order valence-electron chi connectivity index (χ2n) is 5.36. The zero-order valence-corrected chi connectivity index (χ0v) is 14.6. The number of rotatable bonds is 8. The number of guanidine groups is 1. The summed E-state index contributed by atoms with van der Waals surface area (Å²) in [6.07, 6.45) is 0.826. The van der Waals surface area contributed by atoms with Crippen molar-refractivity contribution in [1.29, 1.82) is 0 Å². The average Bonchev–Trinajstić information content (AvgIpc) is 2.64. The molecule has 2 rings (SSSR count). The molecular formula is C19H24FN3O2. The molecular weight excluding hydrogens is 321 g/mol. The Morgan fingerprint density at radius 2 is 1.84 bits per heavy atom. The lowest BCUT2D eigenvalue weighted by molar-refractivity contribution is 0.310. The summed E-state index contributed by atoms with van der Waals surface area (Å²) >= 11 is 0. The van der Waals surface area contributed by atoms with Crippen molar-refractivity contribution in [3.63, 3.8) is 0 Å². The van der Waals surface area contributed by atoms with Gasteiger partial charge in [0, 0.05) is 20.1 Å². The van der Waals surface area contributed by atoms with Crippen LogP contribution in [0.25, 0.3) is 0 Å². The minimum Gasteiger partial charge on any atom is -0.497 e. The standard InChI is InChI=1S/C19H24FN3O2/c1-21-19(23-14-15-5-3-6-16(20)13-15)22-11-4-12-25-18-9-7-17(24-2)8-10-18/h3,5-10,13H,4,11-12,14H2,1-2H3,(H2,21,22,23). The molecule has 0 aliphatic rings. The van der Waals surface area contributed by atoms with E-state index in [2.05, 4.69) is 15.6 Å². The fourth-order valence-corrected chi connectivity index (χ4v) is 2.19. The van der Waals surface area contributed by atoms with Crippen molar-refractivity contribution in [2.24, 2.45) is 4.99 Å². The van der Waals surface area contributed by atoms with Gasteiger partial charge in [-0.25, -0.2) is 4.39 Å². The third-order valence-electron chi connectivity index (χ3n) is 3.51. The highest BCUT2D eigenvalue weighted by molar-refractivity contribution is 5.79. The molecule has 0 amide bonds. The maximum absolute atomic E-state index is 13.1. The van der Waals surface area contributed by atoms with Gasteiger partial charge in [-0.15, -0.1) is 0 Å². The maximum atomic E-state index is 13.1. The van der Waals surface area contributed by atoms with Crippen molar-refractivity contribution in [1.82, 2.24) is 10.6 Å². The molecule has 0 bridgehead atoms. The van der Waals surface area contributed by atoms with E-state index in [0.29, 0.717) is 19.1 Å². The number of methoxy groups -OCH3 is 1. The lowest BCUT2D eigenvalue weighted by Crippen LogP contribution is -2.37. The first-order chi connectivity index (χ1) is 12.2. The van der Waals surface area contributed by atoms with Gasteiger partial charge in [-0.1, -0.05) is 12.1 Å². The van der Waals surface area contributed by atoms with E-state index in [4.69, 9.17) is 9.47 Å². The zero-order chi connectivity index (χ0) is 17.9. The quantitative estimate of drug-likeness (QED) is 0.439. The molecule has 0 heterocycles. The van der Waals surface area contributed by atoms with Crippen LogP contribution in [0.15, 0.2) is 53.5 Å². The van der Waals surface area contributed by atoms with Crippen molar-refractivity contribution >= 4 is 5.96 Å². The van der Waals surface area contributed by atoms with Crippen LogP contribution >= 0.6 is 0 Å². The number of nitrogens with one attached hydrogen (secondary N) is 2. The van der Waals surface area contributed by atoms with Crippen LogP contribution in [0.5, 0.6) is 11.5 Å². The van der Waals surface area contributed by atoms with Gasteiger partial charge in [0.25, 0.3) is 0 Å². The second kappa shape index (κ2) is 10.2. The van der Waals surface area contributed by atoms with Crippen molar-refractivity contribution in [3.05, 3.63) is 59.9 Å². The average molecular weight is 345 g/mol. The van der Waals surface area contributed by atoms with Crippen LogP contribution < -0.4 is 20.1 Å². The summed E-state index contributed by atoms with van der Waals surface area (Å²) in [6, 6.07) is 14.0. The smallest absolute Gasteiger partial charge is 0.191 e. The van der Waals surface area contributed by atoms with Gasteiger partial charge in [-0.3, -0.25) is 4.99 Å². The molecule has 134 valence electrons. The van der Waals surface area contributed by atoms with E-state index in [-0.39, 0.29) is 5.82 Å². The van der Waals surface area contributed by atoms with Crippen LogP contribution in [0.3, 0.4) is 0 Å². The third kappa shape index (κ3) is 6.71. The Labute approximate surface area is 147 Å². The third-order valence-corrected chi connectivity index (χ3v) is 3.51. The normalized spacial score (nSPS) is 11.1. The molecule has 0 aliphatic heterocycles. The fraction of sp³-hybridized carbons (Fsp3) is 0.316. The second-order valence-corrected chi connectivity index (χ2v) is 5.36. The summed E-state index contributed by atoms with van der Waals surface area (Å²) < 4.78 is 23.9. The molecule has 0 radical (unpaired) electrons. The number of nitrogens with zero attached hydrogens (tertiary/aromatic N) is 1. The van der Waals surface area contributed by atoms with Gasteiger partial charge in [0.1, 0.15) is 17.3 Å². The van der Waals surface area contributed by atoms with Gasteiger partial charge in [-0.2, -0.15) is 0 Å². The van der Waals surface area contributed by atoms with Crippen molar-refractivity contribution < 1.29 is 13.9 Å². The molecule has 0 spiro atoms. The van der Waals surface area contributed by atoms with E-state index in [9.17, 15) is 4.39 Å². The van der Waals surface area contributed by atoms with Gasteiger partial charge < -0.3 is 20.1 Å². The Bertz CT molecular complexity index is 675. The van der Waals surface area contributed by atoms with E-state index in [0.717, 1.165) is 30.0 Å². The van der Waals surface area contributed by atoms with E-state index in [1.807, 2.05) is 30.3 Å². The molecule has 5 nitrogen and oxygen atoms in total. The number of aliphatic imine (C=N–C) groups is 1. The highest BCUT2D eigenvalue weighted by Crippen LogP contribution is 2.16. The van der Waals surface area contributed by atoms with Gasteiger partial charge in [0.2, 0.25) is 0 Å². The van der Waals surface area contributed by atoms with Crippen LogP contribution in [-0.4, -0.2) is 33.3 Å². The number of hydrogen-bond donors (Lipinski definition) is 2. The molecule has 0 aliphatic carbocycles. The van der Waals surface area contributed by atoms with Crippen LogP contribution in [0.1, 0.15) is 12.0 Å². The van der Waals surface area contributed by atoms with E-state index in [1.54, 1.807) is 20.2 Å². The first kappa shape index (κ1) is 18.6. The summed E-state index contributed by atoms with van der Waals surface area (Å²) in [5.74, 6) is 2.06. The maximum Gasteiger partial charge on any atom is 0.191 e. The molecule has 2 N–H and O–H groups in total. The first-order valence-electron chi connectivity index (χ1n) is 8.17. The highest BCUT2D eigenvalue weighted by atomic mass is 19.1. The molecule has 25 heavy (non-hydrogen) atoms. The Balaban J connectivity index is 1.63. The van der Waals surface area contributed by atoms with Gasteiger partial charge in [-0.05, 0) is 48.4 Å². The monoisotopic (exact) mass is 345 g/mol. The summed E-state index contributed by atoms with van der Waals surface area (Å²) in [4.78, 5) is 4.15. The van der Waals surface area contributed by atoms with Gasteiger partial charge >= 0.3 is 0 Å².